The van der Waals surface area contributed by atoms with Gasteiger partial charge in [-0.25, -0.2) is 9.97 Å². The molecule has 0 aliphatic heterocycles. The van der Waals surface area contributed by atoms with Crippen LogP contribution in [0.5, 0.6) is 0 Å². The predicted octanol–water partition coefficient (Wildman–Crippen LogP) is 2.21. The lowest BCUT2D eigenvalue weighted by Crippen LogP contribution is -2.02. The molecule has 0 saturated heterocycles. The van der Waals surface area contributed by atoms with Crippen LogP contribution < -0.4 is 11.1 Å². The molecular formula is C13H12N6O2. The van der Waals surface area contributed by atoms with Gasteiger partial charge in [0.25, 0.3) is 5.69 Å². The Bertz CT molecular complexity index is 696. The fourth-order valence-electron chi connectivity index (χ4n) is 1.57. The largest absolute Gasteiger partial charge is 0.381 e. The first-order valence-corrected chi connectivity index (χ1v) is 5.91. The van der Waals surface area contributed by atoms with E-state index in [2.05, 4.69) is 15.3 Å². The summed E-state index contributed by atoms with van der Waals surface area (Å²) in [5, 5.41) is 20.3. The first-order chi connectivity index (χ1) is 10.1. The summed E-state index contributed by atoms with van der Waals surface area (Å²) >= 11 is 0. The highest BCUT2D eigenvalue weighted by Gasteiger charge is 2.08. The molecule has 2 rings (SSSR count). The summed E-state index contributed by atoms with van der Waals surface area (Å²) in [6.45, 7) is 0. The number of non-ortho nitro benzene ring substituents is 1. The number of allylic oxidation sites excluding steroid dienone is 1. The molecule has 0 unspecified atom stereocenters. The minimum Gasteiger partial charge on any atom is -0.381 e. The van der Waals surface area contributed by atoms with Crippen molar-refractivity contribution in [2.45, 2.75) is 0 Å². The van der Waals surface area contributed by atoms with Gasteiger partial charge in [-0.1, -0.05) is 0 Å². The van der Waals surface area contributed by atoms with Crippen molar-refractivity contribution in [2.75, 3.05) is 11.1 Å². The first-order valence-electron chi connectivity index (χ1n) is 5.91. The fraction of sp³-hybridized carbons (Fsp3) is 0. The number of aromatic nitrogens is 2. The molecule has 4 N–H and O–H groups in total. The van der Waals surface area contributed by atoms with Crippen LogP contribution >= 0.6 is 0 Å². The third-order valence-electron chi connectivity index (χ3n) is 2.59. The van der Waals surface area contributed by atoms with Gasteiger partial charge in [0.1, 0.15) is 0 Å². The zero-order valence-corrected chi connectivity index (χ0v) is 10.9. The summed E-state index contributed by atoms with van der Waals surface area (Å²) in [5.74, 6) is 0.569. The van der Waals surface area contributed by atoms with Crippen LogP contribution in [0.15, 0.2) is 42.7 Å². The van der Waals surface area contributed by atoms with E-state index in [0.717, 1.165) is 6.21 Å². The van der Waals surface area contributed by atoms with Gasteiger partial charge in [0.05, 0.1) is 16.8 Å². The second kappa shape index (κ2) is 6.24. The normalized spacial score (nSPS) is 10.5. The maximum atomic E-state index is 10.6. The van der Waals surface area contributed by atoms with E-state index in [1.807, 2.05) is 0 Å². The Kier molecular flexibility index (Phi) is 4.20. The van der Waals surface area contributed by atoms with Crippen molar-refractivity contribution in [3.05, 3.63) is 52.9 Å². The molecule has 1 heterocycles. The molecule has 0 fully saturated rings. The predicted molar refractivity (Wildman–Crippen MR) is 80.1 cm³/mol. The Balaban J connectivity index is 2.31. The van der Waals surface area contributed by atoms with Crippen LogP contribution in [0.25, 0.3) is 11.3 Å². The van der Waals surface area contributed by atoms with Crippen LogP contribution in [-0.2, 0) is 0 Å². The molecule has 1 aromatic carbocycles. The number of hydrogen-bond acceptors (Lipinski definition) is 7. The SMILES string of the molecule is N=C/C=C\Nc1nc(-c2ccc([N+](=O)[O-])cc2)cnc1N. The highest BCUT2D eigenvalue weighted by molar-refractivity contribution is 5.70. The second-order valence-electron chi connectivity index (χ2n) is 3.96. The molecule has 0 bridgehead atoms. The lowest BCUT2D eigenvalue weighted by Gasteiger charge is -2.06. The first kappa shape index (κ1) is 14.1. The molecule has 0 aliphatic carbocycles. The maximum absolute atomic E-state index is 10.6. The molecule has 0 spiro atoms. The summed E-state index contributed by atoms with van der Waals surface area (Å²) < 4.78 is 0. The van der Waals surface area contributed by atoms with Crippen LogP contribution in [0.1, 0.15) is 0 Å². The van der Waals surface area contributed by atoms with Crippen molar-refractivity contribution >= 4 is 23.5 Å². The van der Waals surface area contributed by atoms with Gasteiger partial charge in [-0.05, 0) is 18.2 Å². The minimum absolute atomic E-state index is 0.00872. The Morgan fingerprint density at radius 2 is 2.05 bits per heavy atom. The number of rotatable bonds is 5. The standard InChI is InChI=1S/C13H12N6O2/c14-6-1-7-16-13-12(15)17-8-11(18-13)9-2-4-10(5-3-9)19(20)21/h1-8,14H,(H2,15,17)(H,16,18)/b7-1-,14-6?. The number of nitro benzene ring substituents is 1. The molecule has 0 atom stereocenters. The summed E-state index contributed by atoms with van der Waals surface area (Å²) in [7, 11) is 0. The smallest absolute Gasteiger partial charge is 0.269 e. The number of benzene rings is 1. The lowest BCUT2D eigenvalue weighted by molar-refractivity contribution is -0.384. The zero-order chi connectivity index (χ0) is 15.2. The van der Waals surface area contributed by atoms with E-state index in [-0.39, 0.29) is 11.5 Å². The molecule has 21 heavy (non-hydrogen) atoms. The number of nitro groups is 1. The summed E-state index contributed by atoms with van der Waals surface area (Å²) in [6, 6.07) is 5.98. The van der Waals surface area contributed by atoms with Crippen LogP contribution in [-0.4, -0.2) is 21.1 Å². The van der Waals surface area contributed by atoms with Crippen LogP contribution in [0.2, 0.25) is 0 Å². The maximum Gasteiger partial charge on any atom is 0.269 e. The lowest BCUT2D eigenvalue weighted by atomic mass is 10.1. The minimum atomic E-state index is -0.465. The van der Waals surface area contributed by atoms with Crippen molar-refractivity contribution in [2.24, 2.45) is 0 Å². The molecule has 8 nitrogen and oxygen atoms in total. The Morgan fingerprint density at radius 1 is 1.33 bits per heavy atom. The molecule has 0 radical (unpaired) electrons. The number of hydrogen-bond donors (Lipinski definition) is 3. The van der Waals surface area contributed by atoms with Gasteiger partial charge >= 0.3 is 0 Å². The Morgan fingerprint density at radius 3 is 2.67 bits per heavy atom. The zero-order valence-electron chi connectivity index (χ0n) is 10.9. The Labute approximate surface area is 120 Å². The number of anilines is 2. The van der Waals surface area contributed by atoms with Gasteiger partial charge in [0, 0.05) is 30.1 Å². The third kappa shape index (κ3) is 3.38. The van der Waals surface area contributed by atoms with Crippen molar-refractivity contribution < 1.29 is 4.92 Å². The molecule has 8 heteroatoms. The average molecular weight is 284 g/mol. The van der Waals surface area contributed by atoms with Gasteiger partial charge in [0.15, 0.2) is 11.6 Å². The van der Waals surface area contributed by atoms with E-state index in [0.29, 0.717) is 17.1 Å². The van der Waals surface area contributed by atoms with Crippen LogP contribution in [0, 0.1) is 15.5 Å². The van der Waals surface area contributed by atoms with E-state index >= 15 is 0 Å². The number of nitrogens with one attached hydrogen (secondary N) is 2. The number of nitrogens with zero attached hydrogens (tertiary/aromatic N) is 3. The molecule has 0 aliphatic rings. The van der Waals surface area contributed by atoms with E-state index in [9.17, 15) is 10.1 Å². The van der Waals surface area contributed by atoms with E-state index in [1.165, 1.54) is 30.6 Å². The fourth-order valence-corrected chi connectivity index (χ4v) is 1.57. The van der Waals surface area contributed by atoms with Gasteiger partial charge in [-0.2, -0.15) is 0 Å². The molecular weight excluding hydrogens is 272 g/mol. The van der Waals surface area contributed by atoms with Gasteiger partial charge in [-0.3, -0.25) is 10.1 Å². The second-order valence-corrected chi connectivity index (χ2v) is 3.96. The molecule has 0 amide bonds. The number of nitrogen functional groups attached to an aromatic ring is 1. The van der Waals surface area contributed by atoms with Crippen molar-refractivity contribution in [3.63, 3.8) is 0 Å². The van der Waals surface area contributed by atoms with E-state index < -0.39 is 4.92 Å². The number of nitrogens with two attached hydrogens (primary N) is 1. The molecule has 0 saturated carbocycles. The molecule has 2 aromatic rings. The van der Waals surface area contributed by atoms with Crippen molar-refractivity contribution in [3.8, 4) is 11.3 Å². The topological polar surface area (TPSA) is 131 Å². The highest BCUT2D eigenvalue weighted by atomic mass is 16.6. The van der Waals surface area contributed by atoms with E-state index in [4.69, 9.17) is 11.1 Å². The van der Waals surface area contributed by atoms with Crippen LogP contribution in [0.4, 0.5) is 17.3 Å². The van der Waals surface area contributed by atoms with Gasteiger partial charge in [-0.15, -0.1) is 0 Å². The molecule has 1 aromatic heterocycles. The van der Waals surface area contributed by atoms with Crippen molar-refractivity contribution in [1.29, 1.82) is 5.41 Å². The summed E-state index contributed by atoms with van der Waals surface area (Å²) in [6.07, 6.45) is 5.57. The third-order valence-corrected chi connectivity index (χ3v) is 2.59. The summed E-state index contributed by atoms with van der Waals surface area (Å²) in [4.78, 5) is 18.5. The molecule has 106 valence electrons. The highest BCUT2D eigenvalue weighted by Crippen LogP contribution is 2.23. The van der Waals surface area contributed by atoms with Crippen molar-refractivity contribution in [1.82, 2.24) is 9.97 Å². The van der Waals surface area contributed by atoms with Gasteiger partial charge in [0.2, 0.25) is 0 Å². The van der Waals surface area contributed by atoms with Gasteiger partial charge < -0.3 is 16.5 Å². The average Bonchev–Trinajstić information content (AvgIpc) is 2.49. The quantitative estimate of drug-likeness (QED) is 0.438. The van der Waals surface area contributed by atoms with E-state index in [1.54, 1.807) is 12.1 Å². The Hall–Kier alpha value is -3.29. The monoisotopic (exact) mass is 284 g/mol. The van der Waals surface area contributed by atoms with Crippen LogP contribution in [0.3, 0.4) is 0 Å². The summed E-state index contributed by atoms with van der Waals surface area (Å²) in [5.41, 5.74) is 6.93.